The van der Waals surface area contributed by atoms with Crippen molar-refractivity contribution in [2.45, 2.75) is 44.6 Å². The van der Waals surface area contributed by atoms with Gasteiger partial charge in [-0.2, -0.15) is 0 Å². The van der Waals surface area contributed by atoms with E-state index in [1.807, 2.05) is 20.8 Å². The number of hydrogen-bond donors (Lipinski definition) is 0. The summed E-state index contributed by atoms with van der Waals surface area (Å²) in [5.41, 5.74) is 0. The molecule has 0 heterocycles. The van der Waals surface area contributed by atoms with Crippen molar-refractivity contribution in [2.75, 3.05) is 19.8 Å². The van der Waals surface area contributed by atoms with Crippen LogP contribution < -0.4 is 0 Å². The molecule has 0 rings (SSSR count). The summed E-state index contributed by atoms with van der Waals surface area (Å²) in [6, 6.07) is 2.17. The Morgan fingerprint density at radius 2 is 1.69 bits per heavy atom. The molecule has 1 unspecified atom stereocenters. The zero-order valence-corrected chi connectivity index (χ0v) is 14.1. The molecule has 3 nitrogen and oxygen atoms in total. The molecule has 1 atom stereocenters. The summed E-state index contributed by atoms with van der Waals surface area (Å²) in [6.45, 7) is 10.3. The van der Waals surface area contributed by atoms with E-state index in [0.29, 0.717) is 6.61 Å². The van der Waals surface area contributed by atoms with Crippen LogP contribution in [0, 0.1) is 0 Å². The van der Waals surface area contributed by atoms with Crippen molar-refractivity contribution >= 4 is 29.7 Å². The molecule has 0 saturated carbocycles. The summed E-state index contributed by atoms with van der Waals surface area (Å²) in [4.78, 5) is 0. The SMILES string of the molecule is CCOC(Cl)[SiH2]CC[Si](C)(OCC)OCC. The lowest BCUT2D eigenvalue weighted by Gasteiger charge is -2.26. The van der Waals surface area contributed by atoms with Gasteiger partial charge < -0.3 is 13.6 Å². The number of ether oxygens (including phenoxy) is 1. The zero-order valence-electron chi connectivity index (χ0n) is 10.9. The van der Waals surface area contributed by atoms with E-state index >= 15 is 0 Å². The first-order chi connectivity index (χ1) is 7.58. The van der Waals surface area contributed by atoms with Gasteiger partial charge in [0.1, 0.15) is 5.19 Å². The normalized spacial score (nSPS) is 14.8. The Labute approximate surface area is 108 Å². The van der Waals surface area contributed by atoms with Crippen LogP contribution in [-0.4, -0.2) is 43.1 Å². The van der Waals surface area contributed by atoms with Crippen molar-refractivity contribution in [3.8, 4) is 0 Å². The molecular weight excluding hydrogens is 260 g/mol. The minimum absolute atomic E-state index is 0.0356. The fraction of sp³-hybridized carbons (Fsp3) is 1.00. The van der Waals surface area contributed by atoms with Crippen molar-refractivity contribution in [2.24, 2.45) is 0 Å². The highest BCUT2D eigenvalue weighted by molar-refractivity contribution is 6.67. The van der Waals surface area contributed by atoms with Crippen LogP contribution in [0.4, 0.5) is 0 Å². The Bertz CT molecular complexity index is 166. The van der Waals surface area contributed by atoms with Crippen LogP contribution in [-0.2, 0) is 13.6 Å². The highest BCUT2D eigenvalue weighted by Gasteiger charge is 2.30. The van der Waals surface area contributed by atoms with E-state index in [9.17, 15) is 0 Å². The highest BCUT2D eigenvalue weighted by Crippen LogP contribution is 2.17. The molecule has 0 amide bonds. The third kappa shape index (κ3) is 7.81. The molecule has 98 valence electrons. The van der Waals surface area contributed by atoms with Crippen molar-refractivity contribution in [3.63, 3.8) is 0 Å². The zero-order chi connectivity index (χ0) is 12.4. The monoisotopic (exact) mass is 284 g/mol. The number of rotatable bonds is 10. The lowest BCUT2D eigenvalue weighted by molar-refractivity contribution is 0.166. The summed E-state index contributed by atoms with van der Waals surface area (Å²) in [5, 5.41) is -0.0356. The van der Waals surface area contributed by atoms with Gasteiger partial charge in [0.25, 0.3) is 0 Å². The largest absolute Gasteiger partial charge is 0.395 e. The fourth-order valence-corrected chi connectivity index (χ4v) is 7.94. The smallest absolute Gasteiger partial charge is 0.334 e. The molecule has 0 aromatic rings. The Kier molecular flexibility index (Phi) is 9.98. The van der Waals surface area contributed by atoms with E-state index in [4.69, 9.17) is 25.2 Å². The topological polar surface area (TPSA) is 27.7 Å². The van der Waals surface area contributed by atoms with Crippen LogP contribution in [0.25, 0.3) is 0 Å². The molecular formula is C10H25ClO3Si2. The first-order valence-corrected chi connectivity index (χ1v) is 10.9. The first kappa shape index (κ1) is 16.6. The fourth-order valence-electron chi connectivity index (χ4n) is 1.64. The summed E-state index contributed by atoms with van der Waals surface area (Å²) >= 11 is 6.04. The maximum absolute atomic E-state index is 6.04. The summed E-state index contributed by atoms with van der Waals surface area (Å²) < 4.78 is 16.9. The van der Waals surface area contributed by atoms with Crippen molar-refractivity contribution in [3.05, 3.63) is 0 Å². The van der Waals surface area contributed by atoms with Crippen LogP contribution >= 0.6 is 11.6 Å². The molecule has 6 heteroatoms. The van der Waals surface area contributed by atoms with Gasteiger partial charge in [0.2, 0.25) is 0 Å². The van der Waals surface area contributed by atoms with Gasteiger partial charge in [-0.1, -0.05) is 17.6 Å². The number of alkyl halides is 1. The van der Waals surface area contributed by atoms with Gasteiger partial charge in [0, 0.05) is 19.8 Å². The first-order valence-electron chi connectivity index (χ1n) is 6.11. The van der Waals surface area contributed by atoms with Gasteiger partial charge >= 0.3 is 8.56 Å². The van der Waals surface area contributed by atoms with E-state index in [1.165, 1.54) is 0 Å². The Balaban J connectivity index is 3.83. The van der Waals surface area contributed by atoms with Crippen molar-refractivity contribution < 1.29 is 13.6 Å². The lowest BCUT2D eigenvalue weighted by atomic mass is 10.9. The third-order valence-electron chi connectivity index (χ3n) is 2.31. The number of halogens is 1. The predicted molar refractivity (Wildman–Crippen MR) is 74.3 cm³/mol. The molecule has 16 heavy (non-hydrogen) atoms. The van der Waals surface area contributed by atoms with E-state index in [0.717, 1.165) is 25.3 Å². The lowest BCUT2D eigenvalue weighted by Crippen LogP contribution is -2.39. The molecule has 0 aliphatic carbocycles. The van der Waals surface area contributed by atoms with Gasteiger partial charge in [-0.05, 0) is 33.4 Å². The Hall–Kier alpha value is 0.604. The summed E-state index contributed by atoms with van der Waals surface area (Å²) in [7, 11) is -2.29. The van der Waals surface area contributed by atoms with E-state index in [1.54, 1.807) is 0 Å². The Morgan fingerprint density at radius 1 is 1.12 bits per heavy atom. The molecule has 0 aromatic heterocycles. The van der Waals surface area contributed by atoms with Crippen LogP contribution in [0.1, 0.15) is 20.8 Å². The van der Waals surface area contributed by atoms with Crippen LogP contribution in [0.5, 0.6) is 0 Å². The minimum atomic E-state index is -1.92. The molecule has 0 bridgehead atoms. The highest BCUT2D eigenvalue weighted by atomic mass is 35.5. The van der Waals surface area contributed by atoms with Gasteiger partial charge in [0.15, 0.2) is 0 Å². The molecule has 0 fully saturated rings. The maximum Gasteiger partial charge on any atom is 0.334 e. The molecule has 0 radical (unpaired) electrons. The van der Waals surface area contributed by atoms with Crippen LogP contribution in [0.2, 0.25) is 18.6 Å². The second-order valence-electron chi connectivity index (χ2n) is 3.76. The quantitative estimate of drug-likeness (QED) is 0.455. The van der Waals surface area contributed by atoms with Gasteiger partial charge in [-0.15, -0.1) is 0 Å². The Morgan fingerprint density at radius 3 is 2.12 bits per heavy atom. The predicted octanol–water partition coefficient (Wildman–Crippen LogP) is 2.28. The number of hydrogen-bond acceptors (Lipinski definition) is 3. The van der Waals surface area contributed by atoms with E-state index in [-0.39, 0.29) is 14.7 Å². The van der Waals surface area contributed by atoms with E-state index in [2.05, 4.69) is 6.55 Å². The molecule has 0 spiro atoms. The molecule has 0 N–H and O–H groups in total. The van der Waals surface area contributed by atoms with Crippen LogP contribution in [0.3, 0.4) is 0 Å². The van der Waals surface area contributed by atoms with Crippen molar-refractivity contribution in [1.29, 1.82) is 0 Å². The minimum Gasteiger partial charge on any atom is -0.395 e. The average Bonchev–Trinajstić information content (AvgIpc) is 2.18. The summed E-state index contributed by atoms with van der Waals surface area (Å²) in [5.74, 6) is 0. The van der Waals surface area contributed by atoms with Gasteiger partial charge in [-0.3, -0.25) is 0 Å². The molecule has 0 saturated heterocycles. The second kappa shape index (κ2) is 9.62. The summed E-state index contributed by atoms with van der Waals surface area (Å²) in [6.07, 6.45) is 0. The molecule has 0 aliphatic rings. The molecule has 0 aromatic carbocycles. The van der Waals surface area contributed by atoms with Gasteiger partial charge in [0.05, 0.1) is 9.52 Å². The van der Waals surface area contributed by atoms with Crippen LogP contribution in [0.15, 0.2) is 0 Å². The maximum atomic E-state index is 6.04. The average molecular weight is 285 g/mol. The second-order valence-corrected chi connectivity index (χ2v) is 10.1. The van der Waals surface area contributed by atoms with Crippen molar-refractivity contribution in [1.82, 2.24) is 0 Å². The standard InChI is InChI=1S/C10H25ClO3Si2/c1-5-12-10(11)15-8-9-16(4,13-6-2)14-7-3/h10H,5-9,15H2,1-4H3. The van der Waals surface area contributed by atoms with E-state index < -0.39 is 8.56 Å². The third-order valence-corrected chi connectivity index (χ3v) is 8.31. The molecule has 0 aliphatic heterocycles. The van der Waals surface area contributed by atoms with Gasteiger partial charge in [-0.25, -0.2) is 0 Å².